The van der Waals surface area contributed by atoms with Crippen molar-refractivity contribution in [2.75, 3.05) is 19.8 Å². The van der Waals surface area contributed by atoms with E-state index < -0.39 is 158 Å². The predicted molar refractivity (Wildman–Crippen MR) is 152 cm³/mol. The Morgan fingerprint density at radius 1 is 0.418 bits per heavy atom. The highest BCUT2D eigenvalue weighted by molar-refractivity contribution is 7.82. The largest absolute Gasteiger partial charge is 0.397 e. The molecule has 0 amide bonds. The minimum atomic E-state index is -6.24. The zero-order valence-corrected chi connectivity index (χ0v) is 31.6. The molecule has 2 fully saturated rings. The third-order valence-electron chi connectivity index (χ3n) is 5.68. The molecule has 55 heavy (non-hydrogen) atoms. The molecule has 0 aliphatic carbocycles. The fourth-order valence-electron chi connectivity index (χ4n) is 4.24. The van der Waals surface area contributed by atoms with Gasteiger partial charge in [-0.2, -0.15) is 67.3 Å². The Morgan fingerprint density at radius 3 is 1.18 bits per heavy atom. The van der Waals surface area contributed by atoms with E-state index >= 15 is 0 Å². The molecule has 8 N–H and O–H groups in total. The SMILES string of the molecule is O=S(=O)(O)OCC1O[C@@H](O[C@]2(COS(=O)(=O)O)O[C@H](COS(=O)(=O)O)[C@H](OS(=O)(=O)O)[C@H]2OS(=O)(=O)O)C(OS(=O)(=O)O)C(OS(=O)(=O)O)[C@@H]1OS(=O)(=O)O. The summed E-state index contributed by atoms with van der Waals surface area (Å²) in [6, 6.07) is 0. The van der Waals surface area contributed by atoms with E-state index in [0.717, 1.165) is 0 Å². The molecule has 2 rings (SSSR count). The lowest BCUT2D eigenvalue weighted by Crippen LogP contribution is -2.65. The lowest BCUT2D eigenvalue weighted by Gasteiger charge is -2.45. The van der Waals surface area contributed by atoms with Gasteiger partial charge in [0, 0.05) is 0 Å². The summed E-state index contributed by atoms with van der Waals surface area (Å²) >= 11 is 0. The Balaban J connectivity index is 3.07. The van der Waals surface area contributed by atoms with Crippen LogP contribution < -0.4 is 0 Å². The molecule has 328 valence electrons. The van der Waals surface area contributed by atoms with Crippen LogP contribution in [0, 0.1) is 0 Å². The van der Waals surface area contributed by atoms with Crippen LogP contribution in [-0.2, 0) is 131 Å². The molecule has 0 aromatic rings. The van der Waals surface area contributed by atoms with Gasteiger partial charge in [0.25, 0.3) is 0 Å². The number of rotatable bonds is 21. The van der Waals surface area contributed by atoms with Gasteiger partial charge >= 0.3 is 83.2 Å². The van der Waals surface area contributed by atoms with Crippen molar-refractivity contribution in [2.45, 2.75) is 54.8 Å². The van der Waals surface area contributed by atoms with Crippen LogP contribution in [-0.4, -0.2) is 178 Å². The van der Waals surface area contributed by atoms with Crippen LogP contribution in [0.3, 0.4) is 0 Å². The average molecular weight is 983 g/mol. The summed E-state index contributed by atoms with van der Waals surface area (Å²) in [5.41, 5.74) is 0. The first kappa shape index (κ1) is 50.0. The van der Waals surface area contributed by atoms with Crippen molar-refractivity contribution in [3.8, 4) is 0 Å². The van der Waals surface area contributed by atoms with E-state index in [1.54, 1.807) is 0 Å². The number of ether oxygens (including phenoxy) is 3. The van der Waals surface area contributed by atoms with Gasteiger partial charge in [-0.3, -0.25) is 36.4 Å². The Morgan fingerprint density at radius 2 is 0.782 bits per heavy atom. The molecule has 2 heterocycles. The fraction of sp³-hybridized carbons (Fsp3) is 1.00. The first-order valence-electron chi connectivity index (χ1n) is 12.3. The Bertz CT molecular complexity index is 2280. The van der Waals surface area contributed by atoms with Gasteiger partial charge in [0.2, 0.25) is 5.79 Å². The molecule has 0 aromatic carbocycles. The molecule has 0 aromatic heterocycles. The summed E-state index contributed by atoms with van der Waals surface area (Å²) in [6.45, 7) is -6.25. The maximum absolute atomic E-state index is 11.9. The molecule has 43 heteroatoms. The summed E-state index contributed by atoms with van der Waals surface area (Å²) in [5, 5.41) is 0. The summed E-state index contributed by atoms with van der Waals surface area (Å²) in [4.78, 5) is 0. The van der Waals surface area contributed by atoms with Gasteiger partial charge < -0.3 is 14.2 Å². The standard InChI is InChI=1S/C12H22O35S8/c13-48(14,15)37-1-4-6(43-51(22,23)24)8(45-53(28,29)30)9(46-54(31,32)33)11(40-4)42-12(3-39-50(19,20)21)10(47-55(34,35)36)7(44-52(25,26)27)5(41-12)2-38-49(16,17)18/h4-11H,1-3H2,(H,13,14,15)(H,16,17,18)(H,19,20,21)(H,22,23,24)(H,25,26,27)(H,28,29,30)(H,31,32,33)(H,34,35,36)/t4?,5-,6-,7+,8?,9?,10-,11+,12+/m1/s1. The van der Waals surface area contributed by atoms with Crippen molar-refractivity contribution in [3.05, 3.63) is 0 Å². The van der Waals surface area contributed by atoms with Crippen molar-refractivity contribution in [3.63, 3.8) is 0 Å². The molecule has 2 aliphatic rings. The van der Waals surface area contributed by atoms with E-state index in [0.29, 0.717) is 0 Å². The van der Waals surface area contributed by atoms with Crippen molar-refractivity contribution in [1.29, 1.82) is 0 Å². The second-order valence-electron chi connectivity index (χ2n) is 9.64. The third-order valence-corrected chi connectivity index (χ3v) is 9.28. The average Bonchev–Trinajstić information content (AvgIpc) is 3.15. The van der Waals surface area contributed by atoms with Gasteiger partial charge in [-0.25, -0.2) is 33.5 Å². The molecule has 9 atom stereocenters. The summed E-state index contributed by atoms with van der Waals surface area (Å²) in [6.07, 6.45) is -26.0. The molecule has 0 spiro atoms. The lowest BCUT2D eigenvalue weighted by atomic mass is 9.99. The van der Waals surface area contributed by atoms with E-state index in [4.69, 9.17) is 23.3 Å². The number of hydrogen-bond acceptors (Lipinski definition) is 27. The van der Waals surface area contributed by atoms with Crippen molar-refractivity contribution < 1.29 is 151 Å². The van der Waals surface area contributed by atoms with Gasteiger partial charge in [-0.05, 0) is 0 Å². The molecule has 0 saturated carbocycles. The lowest BCUT2D eigenvalue weighted by molar-refractivity contribution is -0.374. The fourth-order valence-corrected chi connectivity index (χ4v) is 7.68. The van der Waals surface area contributed by atoms with E-state index in [2.05, 4.69) is 33.5 Å². The first-order valence-corrected chi connectivity index (χ1v) is 23.2. The second-order valence-corrected chi connectivity index (χ2v) is 18.2. The van der Waals surface area contributed by atoms with E-state index in [1.807, 2.05) is 0 Å². The maximum atomic E-state index is 11.9. The quantitative estimate of drug-likeness (QED) is 0.0496. The maximum Gasteiger partial charge on any atom is 0.397 e. The molecule has 35 nitrogen and oxygen atoms in total. The van der Waals surface area contributed by atoms with Crippen LogP contribution in [0.5, 0.6) is 0 Å². The summed E-state index contributed by atoms with van der Waals surface area (Å²) < 4.78 is 307. The van der Waals surface area contributed by atoms with E-state index in [-0.39, 0.29) is 0 Å². The predicted octanol–water partition coefficient (Wildman–Crippen LogP) is -6.78. The van der Waals surface area contributed by atoms with Gasteiger partial charge in [0.05, 0.1) is 13.2 Å². The normalized spacial score (nSPS) is 30.7. The monoisotopic (exact) mass is 982 g/mol. The summed E-state index contributed by atoms with van der Waals surface area (Å²) in [5.74, 6) is -4.12. The van der Waals surface area contributed by atoms with Crippen LogP contribution in [0.1, 0.15) is 0 Å². The van der Waals surface area contributed by atoms with Crippen molar-refractivity contribution in [2.24, 2.45) is 0 Å². The minimum Gasteiger partial charge on any atom is -0.341 e. The molecule has 0 bridgehead atoms. The van der Waals surface area contributed by atoms with E-state index in [1.165, 1.54) is 0 Å². The molecule has 2 aliphatic heterocycles. The zero-order valence-electron chi connectivity index (χ0n) is 25.1. The third kappa shape index (κ3) is 18.1. The van der Waals surface area contributed by atoms with Crippen LogP contribution >= 0.6 is 0 Å². The molecule has 0 radical (unpaired) electrons. The molecule has 2 saturated heterocycles. The van der Waals surface area contributed by atoms with Gasteiger partial charge in [0.1, 0.15) is 37.1 Å². The first-order chi connectivity index (χ1) is 24.2. The topological polar surface area (TPSA) is 536 Å². The molecular formula is C12H22O35S8. The highest BCUT2D eigenvalue weighted by Crippen LogP contribution is 2.42. The van der Waals surface area contributed by atoms with E-state index in [9.17, 15) is 94.7 Å². The van der Waals surface area contributed by atoms with Gasteiger partial charge in [-0.15, -0.1) is 0 Å². The number of hydrogen-bond donors (Lipinski definition) is 8. The van der Waals surface area contributed by atoms with Gasteiger partial charge in [-0.1, -0.05) is 0 Å². The van der Waals surface area contributed by atoms with Crippen LogP contribution in [0.25, 0.3) is 0 Å². The minimum absolute atomic E-state index is 1.92. The van der Waals surface area contributed by atoms with Crippen molar-refractivity contribution >= 4 is 83.2 Å². The Hall–Kier alpha value is -1.16. The molecule has 3 unspecified atom stereocenters. The second kappa shape index (κ2) is 17.2. The highest BCUT2D eigenvalue weighted by atomic mass is 32.3. The van der Waals surface area contributed by atoms with Gasteiger partial charge in [0.15, 0.2) is 18.5 Å². The Kier molecular flexibility index (Phi) is 15.6. The van der Waals surface area contributed by atoms with Crippen LogP contribution in [0.2, 0.25) is 0 Å². The van der Waals surface area contributed by atoms with Crippen LogP contribution in [0.15, 0.2) is 0 Å². The van der Waals surface area contributed by atoms with Crippen molar-refractivity contribution in [1.82, 2.24) is 0 Å². The smallest absolute Gasteiger partial charge is 0.341 e. The van der Waals surface area contributed by atoms with Crippen LogP contribution in [0.4, 0.5) is 0 Å². The zero-order chi connectivity index (χ0) is 43.0. The molecular weight excluding hydrogens is 961 g/mol. The summed E-state index contributed by atoms with van der Waals surface area (Å²) in [7, 11) is -48.3. The Labute approximate surface area is 308 Å². The highest BCUT2D eigenvalue weighted by Gasteiger charge is 2.65.